The molecule has 0 bridgehead atoms. The molecule has 1 N–H and O–H groups in total. The predicted octanol–water partition coefficient (Wildman–Crippen LogP) is 2.46. The lowest BCUT2D eigenvalue weighted by atomic mass is 10.1. The second kappa shape index (κ2) is 3.39. The number of hydrogen-bond acceptors (Lipinski definition) is 2. The largest absolute Gasteiger partial charge is 0.362 e. The Kier molecular flexibility index (Phi) is 2.48. The highest BCUT2D eigenvalue weighted by Crippen LogP contribution is 2.11. The molecule has 0 saturated heterocycles. The first kappa shape index (κ1) is 8.78. The number of pyridine rings is 1. The summed E-state index contributed by atoms with van der Waals surface area (Å²) < 4.78 is 0. The zero-order chi connectivity index (χ0) is 9.03. The Labute approximate surface area is 73.3 Å². The van der Waals surface area contributed by atoms with Crippen molar-refractivity contribution >= 4 is 5.82 Å². The molecule has 64 valence electrons. The first-order valence-corrected chi connectivity index (χ1v) is 3.97. The van der Waals surface area contributed by atoms with E-state index in [9.17, 15) is 0 Å². The van der Waals surface area contributed by atoms with E-state index >= 15 is 0 Å². The molecule has 1 rings (SSSR count). The van der Waals surface area contributed by atoms with Crippen LogP contribution in [-0.2, 0) is 0 Å². The minimum absolute atomic E-state index is 0.103. The molecule has 0 aliphatic heterocycles. The van der Waals surface area contributed by atoms with Crippen LogP contribution in [0.5, 0.6) is 0 Å². The first-order chi connectivity index (χ1) is 5.64. The molecule has 2 heteroatoms. The van der Waals surface area contributed by atoms with Crippen LogP contribution in [0.4, 0.5) is 5.82 Å². The molecule has 0 unspecified atom stereocenters. The van der Waals surface area contributed by atoms with Gasteiger partial charge in [-0.25, -0.2) is 4.98 Å². The lowest BCUT2D eigenvalue weighted by Gasteiger charge is -2.22. The zero-order valence-corrected chi connectivity index (χ0v) is 7.54. The Morgan fingerprint density at radius 3 is 2.75 bits per heavy atom. The van der Waals surface area contributed by atoms with E-state index in [0.29, 0.717) is 0 Å². The summed E-state index contributed by atoms with van der Waals surface area (Å²) in [4.78, 5) is 4.15. The van der Waals surface area contributed by atoms with Gasteiger partial charge in [0.15, 0.2) is 0 Å². The maximum absolute atomic E-state index is 4.15. The molecule has 0 saturated carbocycles. The number of hydrogen-bond donors (Lipinski definition) is 1. The Morgan fingerprint density at radius 1 is 1.50 bits per heavy atom. The summed E-state index contributed by atoms with van der Waals surface area (Å²) in [7, 11) is 0. The fraction of sp³-hybridized carbons (Fsp3) is 0.300. The van der Waals surface area contributed by atoms with E-state index in [1.165, 1.54) is 0 Å². The van der Waals surface area contributed by atoms with E-state index in [-0.39, 0.29) is 5.54 Å². The van der Waals surface area contributed by atoms with Crippen molar-refractivity contribution in [3.8, 4) is 0 Å². The topological polar surface area (TPSA) is 24.9 Å². The molecule has 0 aliphatic carbocycles. The molecule has 12 heavy (non-hydrogen) atoms. The van der Waals surface area contributed by atoms with Gasteiger partial charge in [-0.05, 0) is 26.0 Å². The van der Waals surface area contributed by atoms with Crippen molar-refractivity contribution in [3.05, 3.63) is 37.1 Å². The third-order valence-corrected chi connectivity index (χ3v) is 1.63. The van der Waals surface area contributed by atoms with Gasteiger partial charge in [0.25, 0.3) is 0 Å². The lowest BCUT2D eigenvalue weighted by molar-refractivity contribution is 0.710. The third-order valence-electron chi connectivity index (χ3n) is 1.63. The van der Waals surface area contributed by atoms with Gasteiger partial charge in [-0.2, -0.15) is 0 Å². The zero-order valence-electron chi connectivity index (χ0n) is 7.54. The quantitative estimate of drug-likeness (QED) is 0.690. The highest BCUT2D eigenvalue weighted by atomic mass is 15.0. The van der Waals surface area contributed by atoms with Gasteiger partial charge in [0.05, 0.1) is 5.54 Å². The molecule has 0 atom stereocenters. The standard InChI is InChI=1S/C10H14N2/c1-4-10(2,3)12-9-7-5-6-8-11-9/h4-8H,1H2,2-3H3,(H,11,12). The Morgan fingerprint density at radius 2 is 2.25 bits per heavy atom. The second-order valence-corrected chi connectivity index (χ2v) is 3.27. The van der Waals surface area contributed by atoms with Gasteiger partial charge in [-0.1, -0.05) is 12.1 Å². The van der Waals surface area contributed by atoms with Crippen molar-refractivity contribution in [2.24, 2.45) is 0 Å². The monoisotopic (exact) mass is 162 g/mol. The molecule has 0 aliphatic rings. The van der Waals surface area contributed by atoms with E-state index in [1.54, 1.807) is 6.20 Å². The molecule has 1 aromatic heterocycles. The van der Waals surface area contributed by atoms with Crippen molar-refractivity contribution in [2.75, 3.05) is 5.32 Å². The summed E-state index contributed by atoms with van der Waals surface area (Å²) in [6.45, 7) is 7.84. The minimum atomic E-state index is -0.103. The Balaban J connectivity index is 2.70. The van der Waals surface area contributed by atoms with Gasteiger partial charge in [0.2, 0.25) is 0 Å². The summed E-state index contributed by atoms with van der Waals surface area (Å²) in [5.41, 5.74) is -0.103. The minimum Gasteiger partial charge on any atom is -0.362 e. The summed E-state index contributed by atoms with van der Waals surface area (Å²) >= 11 is 0. The highest BCUT2D eigenvalue weighted by molar-refractivity contribution is 5.38. The van der Waals surface area contributed by atoms with Crippen LogP contribution < -0.4 is 5.32 Å². The van der Waals surface area contributed by atoms with Gasteiger partial charge < -0.3 is 5.32 Å². The van der Waals surface area contributed by atoms with E-state index in [2.05, 4.69) is 30.7 Å². The highest BCUT2D eigenvalue weighted by Gasteiger charge is 2.11. The van der Waals surface area contributed by atoms with Crippen molar-refractivity contribution in [1.82, 2.24) is 4.98 Å². The van der Waals surface area contributed by atoms with E-state index in [4.69, 9.17) is 0 Å². The van der Waals surface area contributed by atoms with Crippen LogP contribution in [0.3, 0.4) is 0 Å². The Bertz CT molecular complexity index is 252. The molecular weight excluding hydrogens is 148 g/mol. The maximum Gasteiger partial charge on any atom is 0.126 e. The summed E-state index contributed by atoms with van der Waals surface area (Å²) in [6, 6.07) is 5.78. The van der Waals surface area contributed by atoms with Crippen LogP contribution in [0.2, 0.25) is 0 Å². The van der Waals surface area contributed by atoms with Crippen LogP contribution in [-0.4, -0.2) is 10.5 Å². The molecule has 0 spiro atoms. The number of nitrogens with zero attached hydrogens (tertiary/aromatic N) is 1. The predicted molar refractivity (Wildman–Crippen MR) is 52.1 cm³/mol. The van der Waals surface area contributed by atoms with Crippen LogP contribution in [0.25, 0.3) is 0 Å². The summed E-state index contributed by atoms with van der Waals surface area (Å²) in [5, 5.41) is 3.24. The van der Waals surface area contributed by atoms with Crippen LogP contribution >= 0.6 is 0 Å². The Hall–Kier alpha value is -1.31. The molecular formula is C10H14N2. The number of anilines is 1. The van der Waals surface area contributed by atoms with Crippen molar-refractivity contribution < 1.29 is 0 Å². The fourth-order valence-electron chi connectivity index (χ4n) is 0.818. The number of aromatic nitrogens is 1. The van der Waals surface area contributed by atoms with Crippen molar-refractivity contribution in [1.29, 1.82) is 0 Å². The van der Waals surface area contributed by atoms with Gasteiger partial charge in [0, 0.05) is 6.20 Å². The molecule has 0 fully saturated rings. The first-order valence-electron chi connectivity index (χ1n) is 3.97. The molecule has 1 heterocycles. The fourth-order valence-corrected chi connectivity index (χ4v) is 0.818. The summed E-state index contributed by atoms with van der Waals surface area (Å²) in [6.07, 6.45) is 3.63. The third kappa shape index (κ3) is 2.38. The number of rotatable bonds is 3. The normalized spacial score (nSPS) is 10.8. The van der Waals surface area contributed by atoms with Crippen LogP contribution in [0.1, 0.15) is 13.8 Å². The van der Waals surface area contributed by atoms with Gasteiger partial charge >= 0.3 is 0 Å². The maximum atomic E-state index is 4.15. The molecule has 1 aromatic rings. The van der Waals surface area contributed by atoms with Gasteiger partial charge in [-0.15, -0.1) is 6.58 Å². The number of nitrogens with one attached hydrogen (secondary N) is 1. The van der Waals surface area contributed by atoms with E-state index in [0.717, 1.165) is 5.82 Å². The van der Waals surface area contributed by atoms with Crippen molar-refractivity contribution in [3.63, 3.8) is 0 Å². The van der Waals surface area contributed by atoms with Crippen LogP contribution in [0, 0.1) is 0 Å². The van der Waals surface area contributed by atoms with Crippen molar-refractivity contribution in [2.45, 2.75) is 19.4 Å². The lowest BCUT2D eigenvalue weighted by Crippen LogP contribution is -2.27. The smallest absolute Gasteiger partial charge is 0.126 e. The average molecular weight is 162 g/mol. The SMILES string of the molecule is C=CC(C)(C)Nc1ccccn1. The average Bonchev–Trinajstić information content (AvgIpc) is 2.06. The molecule has 0 radical (unpaired) electrons. The molecule has 0 amide bonds. The second-order valence-electron chi connectivity index (χ2n) is 3.27. The summed E-state index contributed by atoms with van der Waals surface area (Å²) in [5.74, 6) is 0.877. The molecule has 0 aromatic carbocycles. The van der Waals surface area contributed by atoms with Crippen LogP contribution in [0.15, 0.2) is 37.1 Å². The van der Waals surface area contributed by atoms with Gasteiger partial charge in [0.1, 0.15) is 5.82 Å². The van der Waals surface area contributed by atoms with E-state index in [1.807, 2.05) is 24.3 Å². The van der Waals surface area contributed by atoms with E-state index < -0.39 is 0 Å². The van der Waals surface area contributed by atoms with Gasteiger partial charge in [-0.3, -0.25) is 0 Å². The molecule has 2 nitrogen and oxygen atoms in total.